The fourth-order valence-electron chi connectivity index (χ4n) is 11.0. The summed E-state index contributed by atoms with van der Waals surface area (Å²) in [4.78, 5) is 2.42. The number of aromatic nitrogens is 1. The Hall–Kier alpha value is -7.94. The lowest BCUT2D eigenvalue weighted by Crippen LogP contribution is -2.16. The molecule has 0 fully saturated rings. The number of hydrogen-bond acceptors (Lipinski definition) is 1. The molecule has 0 spiro atoms. The molecule has 0 unspecified atom stereocenters. The monoisotopic (exact) mass is 802 g/mol. The zero-order valence-electron chi connectivity index (χ0n) is 35.2. The first-order valence-electron chi connectivity index (χ1n) is 22.0. The quantitative estimate of drug-likeness (QED) is 0.168. The SMILES string of the molecule is CC1(C)c2ccccc2-c2ccc(N(c3ccc(-c4ccccc4)cc3)c3ccc(-n4c5ccccc5c5c6cccc7c6c(cc54)-c4ccccc4-c4ccccc4-7)cc3)cc21. The summed E-state index contributed by atoms with van der Waals surface area (Å²) in [6.45, 7) is 4.72. The minimum atomic E-state index is -0.113. The third-order valence-corrected chi connectivity index (χ3v) is 13.9. The summed E-state index contributed by atoms with van der Waals surface area (Å²) < 4.78 is 2.48. The van der Waals surface area contributed by atoms with E-state index in [-0.39, 0.29) is 5.41 Å². The van der Waals surface area contributed by atoms with Crippen molar-refractivity contribution >= 4 is 49.6 Å². The van der Waals surface area contributed by atoms with Gasteiger partial charge in [0.1, 0.15) is 0 Å². The van der Waals surface area contributed by atoms with Gasteiger partial charge in [0.15, 0.2) is 0 Å². The van der Waals surface area contributed by atoms with Crippen LogP contribution in [0.2, 0.25) is 0 Å². The predicted octanol–water partition coefficient (Wildman–Crippen LogP) is 16.7. The molecule has 0 aliphatic heterocycles. The normalized spacial score (nSPS) is 13.0. The Morgan fingerprint density at radius 2 is 0.857 bits per heavy atom. The topological polar surface area (TPSA) is 8.17 Å². The van der Waals surface area contributed by atoms with Crippen LogP contribution in [0, 0.1) is 0 Å². The van der Waals surface area contributed by atoms with Crippen molar-refractivity contribution in [3.8, 4) is 61.3 Å². The summed E-state index contributed by atoms with van der Waals surface area (Å²) in [5.41, 5.74) is 22.2. The van der Waals surface area contributed by atoms with Crippen molar-refractivity contribution in [1.29, 1.82) is 0 Å². The van der Waals surface area contributed by atoms with Crippen molar-refractivity contribution in [3.05, 3.63) is 230 Å². The summed E-state index contributed by atoms with van der Waals surface area (Å²) in [7, 11) is 0. The van der Waals surface area contributed by atoms with E-state index in [1.807, 2.05) is 0 Å². The number of benzene rings is 10. The van der Waals surface area contributed by atoms with Crippen LogP contribution in [0.15, 0.2) is 218 Å². The molecule has 10 aromatic carbocycles. The highest BCUT2D eigenvalue weighted by Gasteiger charge is 2.36. The van der Waals surface area contributed by atoms with Crippen molar-refractivity contribution in [3.63, 3.8) is 0 Å². The van der Waals surface area contributed by atoms with Crippen molar-refractivity contribution in [2.75, 3.05) is 4.90 Å². The second-order valence-electron chi connectivity index (χ2n) is 17.7. The fraction of sp³-hybridized carbons (Fsp3) is 0.0492. The first kappa shape index (κ1) is 35.8. The number of fused-ring (bicyclic) bond motifs is 12. The van der Waals surface area contributed by atoms with Gasteiger partial charge in [-0.2, -0.15) is 0 Å². The lowest BCUT2D eigenvalue weighted by Gasteiger charge is -2.28. The van der Waals surface area contributed by atoms with E-state index in [2.05, 4.69) is 242 Å². The van der Waals surface area contributed by atoms with E-state index in [1.165, 1.54) is 99.3 Å². The van der Waals surface area contributed by atoms with Crippen LogP contribution in [0.25, 0.3) is 93.9 Å². The molecule has 63 heavy (non-hydrogen) atoms. The van der Waals surface area contributed by atoms with E-state index >= 15 is 0 Å². The standard InChI is InChI=1S/C61H42N2/c1-61(2)55-25-12-10-21-49(55)50-36-35-44(37-56(50)61)62(41-29-27-40(28-30-41)39-15-4-3-5-16-39)42-31-33-43(34-32-42)63-57-26-13-11-22-52(57)60-53-24-14-23-51-47-19-8-6-17-45(47)46-18-7-9-20-48(46)54(59(51)53)38-58(60)63/h3-38H,1-2H3. The number of hydrogen-bond donors (Lipinski definition) is 0. The van der Waals surface area contributed by atoms with Crippen molar-refractivity contribution in [1.82, 2.24) is 4.57 Å². The van der Waals surface area contributed by atoms with E-state index in [1.54, 1.807) is 0 Å². The van der Waals surface area contributed by atoms with E-state index < -0.39 is 0 Å². The van der Waals surface area contributed by atoms with Gasteiger partial charge in [0, 0.05) is 38.9 Å². The van der Waals surface area contributed by atoms with Crippen LogP contribution in [0.1, 0.15) is 25.0 Å². The molecule has 296 valence electrons. The molecule has 0 amide bonds. The van der Waals surface area contributed by atoms with Crippen LogP contribution < -0.4 is 4.90 Å². The van der Waals surface area contributed by atoms with Gasteiger partial charge in [0.2, 0.25) is 0 Å². The van der Waals surface area contributed by atoms with Crippen LogP contribution in [0.4, 0.5) is 17.1 Å². The smallest absolute Gasteiger partial charge is 0.0553 e. The minimum absolute atomic E-state index is 0.113. The van der Waals surface area contributed by atoms with Gasteiger partial charge in [0.25, 0.3) is 0 Å². The number of anilines is 3. The lowest BCUT2D eigenvalue weighted by molar-refractivity contribution is 0.660. The number of para-hydroxylation sites is 1. The molecular formula is C61H42N2. The summed E-state index contributed by atoms with van der Waals surface area (Å²) >= 11 is 0. The van der Waals surface area contributed by atoms with Gasteiger partial charge < -0.3 is 9.47 Å². The third-order valence-electron chi connectivity index (χ3n) is 13.9. The van der Waals surface area contributed by atoms with Gasteiger partial charge in [0.05, 0.1) is 11.0 Å². The Morgan fingerprint density at radius 3 is 1.59 bits per heavy atom. The van der Waals surface area contributed by atoms with Crippen LogP contribution in [0.3, 0.4) is 0 Å². The first-order valence-corrected chi connectivity index (χ1v) is 22.0. The zero-order chi connectivity index (χ0) is 41.8. The Labute approximate surface area is 367 Å². The summed E-state index contributed by atoms with van der Waals surface area (Å²) in [5.74, 6) is 0. The van der Waals surface area contributed by atoms with E-state index in [0.717, 1.165) is 22.7 Å². The Kier molecular flexibility index (Phi) is 7.68. The van der Waals surface area contributed by atoms with E-state index in [9.17, 15) is 0 Å². The van der Waals surface area contributed by atoms with Gasteiger partial charge in [-0.1, -0.05) is 172 Å². The summed E-state index contributed by atoms with van der Waals surface area (Å²) in [6.07, 6.45) is 0. The molecule has 2 aliphatic rings. The van der Waals surface area contributed by atoms with Crippen molar-refractivity contribution in [2.45, 2.75) is 19.3 Å². The Balaban J connectivity index is 1.00. The highest BCUT2D eigenvalue weighted by atomic mass is 15.1. The second-order valence-corrected chi connectivity index (χ2v) is 17.7. The molecule has 2 heteroatoms. The third kappa shape index (κ3) is 5.25. The van der Waals surface area contributed by atoms with E-state index in [4.69, 9.17) is 0 Å². The van der Waals surface area contributed by atoms with Gasteiger partial charge in [-0.3, -0.25) is 0 Å². The molecule has 0 bridgehead atoms. The molecule has 11 aromatic rings. The van der Waals surface area contributed by atoms with Gasteiger partial charge in [-0.25, -0.2) is 0 Å². The highest BCUT2D eigenvalue weighted by Crippen LogP contribution is 2.53. The van der Waals surface area contributed by atoms with E-state index in [0.29, 0.717) is 0 Å². The Morgan fingerprint density at radius 1 is 0.333 bits per heavy atom. The largest absolute Gasteiger partial charge is 0.310 e. The van der Waals surface area contributed by atoms with Crippen LogP contribution in [-0.2, 0) is 5.41 Å². The number of nitrogens with zero attached hydrogens (tertiary/aromatic N) is 2. The molecule has 0 saturated heterocycles. The molecule has 1 aromatic heterocycles. The molecule has 0 N–H and O–H groups in total. The lowest BCUT2D eigenvalue weighted by atomic mass is 9.82. The van der Waals surface area contributed by atoms with Gasteiger partial charge >= 0.3 is 0 Å². The average Bonchev–Trinajstić information content (AvgIpc) is 3.75. The molecule has 0 atom stereocenters. The predicted molar refractivity (Wildman–Crippen MR) is 266 cm³/mol. The van der Waals surface area contributed by atoms with Gasteiger partial charge in [-0.05, 0) is 138 Å². The molecule has 1 heterocycles. The maximum atomic E-state index is 2.48. The van der Waals surface area contributed by atoms with Crippen molar-refractivity contribution < 1.29 is 0 Å². The highest BCUT2D eigenvalue weighted by molar-refractivity contribution is 6.28. The second kappa shape index (κ2) is 13.5. The maximum absolute atomic E-state index is 2.48. The molecule has 2 nitrogen and oxygen atoms in total. The minimum Gasteiger partial charge on any atom is -0.310 e. The molecule has 13 rings (SSSR count). The average molecular weight is 803 g/mol. The Bertz CT molecular complexity index is 3630. The fourth-order valence-corrected chi connectivity index (χ4v) is 11.0. The van der Waals surface area contributed by atoms with Crippen LogP contribution >= 0.6 is 0 Å². The van der Waals surface area contributed by atoms with Crippen LogP contribution in [0.5, 0.6) is 0 Å². The summed E-state index contributed by atoms with van der Waals surface area (Å²) in [5, 5.41) is 5.14. The molecule has 0 saturated carbocycles. The molecule has 0 radical (unpaired) electrons. The van der Waals surface area contributed by atoms with Crippen molar-refractivity contribution in [2.24, 2.45) is 0 Å². The van der Waals surface area contributed by atoms with Crippen LogP contribution in [-0.4, -0.2) is 4.57 Å². The molecule has 2 aliphatic carbocycles. The summed E-state index contributed by atoms with van der Waals surface area (Å²) in [6, 6.07) is 80.9. The number of rotatable bonds is 5. The maximum Gasteiger partial charge on any atom is 0.0553 e. The zero-order valence-corrected chi connectivity index (χ0v) is 35.2. The first-order chi connectivity index (χ1) is 31.0. The van der Waals surface area contributed by atoms with Gasteiger partial charge in [-0.15, -0.1) is 0 Å². The molecular weight excluding hydrogens is 761 g/mol.